The molecule has 7 heteroatoms. The highest BCUT2D eigenvalue weighted by Gasteiger charge is 2.19. The van der Waals surface area contributed by atoms with Gasteiger partial charge in [0.2, 0.25) is 11.7 Å². The average Bonchev–Trinajstić information content (AvgIpc) is 3.12. The van der Waals surface area contributed by atoms with Crippen LogP contribution in [0.3, 0.4) is 0 Å². The molecule has 4 rings (SSSR count). The van der Waals surface area contributed by atoms with Gasteiger partial charge in [-0.25, -0.2) is 0 Å². The van der Waals surface area contributed by atoms with E-state index in [1.807, 2.05) is 36.4 Å². The van der Waals surface area contributed by atoms with Crippen molar-refractivity contribution in [2.24, 2.45) is 0 Å². The molecule has 3 aromatic rings. The number of phenols is 1. The molecule has 0 atom stereocenters. The van der Waals surface area contributed by atoms with E-state index in [-0.39, 0.29) is 0 Å². The van der Waals surface area contributed by atoms with Crippen LogP contribution in [0.5, 0.6) is 5.75 Å². The number of hydrogen-bond acceptors (Lipinski definition) is 6. The molecule has 0 unspecified atom stereocenters. The number of anilines is 1. The van der Waals surface area contributed by atoms with E-state index in [0.717, 1.165) is 37.4 Å². The lowest BCUT2D eigenvalue weighted by Crippen LogP contribution is -2.46. The number of nitrogens with zero attached hydrogens (tertiary/aromatic N) is 4. The number of benzene rings is 2. The van der Waals surface area contributed by atoms with Gasteiger partial charge in [0.25, 0.3) is 0 Å². The van der Waals surface area contributed by atoms with Gasteiger partial charge < -0.3 is 14.5 Å². The summed E-state index contributed by atoms with van der Waals surface area (Å²) >= 11 is 6.02. The van der Waals surface area contributed by atoms with Crippen molar-refractivity contribution in [1.82, 2.24) is 15.0 Å². The fourth-order valence-electron chi connectivity index (χ4n) is 3.08. The Labute approximate surface area is 156 Å². The second-order valence-electron chi connectivity index (χ2n) is 6.30. The molecule has 1 N–H and O–H groups in total. The quantitative estimate of drug-likeness (QED) is 0.759. The highest BCUT2D eigenvalue weighted by molar-refractivity contribution is 6.30. The molecular weight excluding hydrogens is 352 g/mol. The molecule has 1 aliphatic heterocycles. The van der Waals surface area contributed by atoms with Gasteiger partial charge in [0.05, 0.1) is 6.54 Å². The van der Waals surface area contributed by atoms with Gasteiger partial charge in [-0.1, -0.05) is 28.9 Å². The standard InChI is InChI=1S/C19H19ClN4O2/c20-15-3-1-2-14(12-15)19-21-18(26-22-19)13-23-8-10-24(11-9-23)16-4-6-17(25)7-5-16/h1-7,12,25H,8-11,13H2. The molecule has 0 bridgehead atoms. The van der Waals surface area contributed by atoms with Crippen LogP contribution in [0.4, 0.5) is 5.69 Å². The first-order valence-electron chi connectivity index (χ1n) is 8.52. The van der Waals surface area contributed by atoms with Crippen LogP contribution in [0, 0.1) is 0 Å². The maximum atomic E-state index is 9.40. The van der Waals surface area contributed by atoms with Crippen molar-refractivity contribution in [3.05, 3.63) is 59.4 Å². The van der Waals surface area contributed by atoms with Gasteiger partial charge in [-0.05, 0) is 36.4 Å². The summed E-state index contributed by atoms with van der Waals surface area (Å²) in [6, 6.07) is 14.8. The van der Waals surface area contributed by atoms with Crippen molar-refractivity contribution in [2.75, 3.05) is 31.1 Å². The molecule has 1 aliphatic rings. The largest absolute Gasteiger partial charge is 0.508 e. The molecule has 6 nitrogen and oxygen atoms in total. The summed E-state index contributed by atoms with van der Waals surface area (Å²) in [7, 11) is 0. The van der Waals surface area contributed by atoms with Gasteiger partial charge in [0.1, 0.15) is 5.75 Å². The molecular formula is C19H19ClN4O2. The SMILES string of the molecule is Oc1ccc(N2CCN(Cc3nc(-c4cccc(Cl)c4)no3)CC2)cc1. The third-order valence-corrected chi connectivity index (χ3v) is 4.73. The molecule has 0 saturated carbocycles. The van der Waals surface area contributed by atoms with Crippen molar-refractivity contribution >= 4 is 17.3 Å². The van der Waals surface area contributed by atoms with E-state index in [1.165, 1.54) is 0 Å². The Morgan fingerprint density at radius 3 is 2.54 bits per heavy atom. The fraction of sp³-hybridized carbons (Fsp3) is 0.263. The number of phenolic OH excluding ortho intramolecular Hbond substituents is 1. The van der Waals surface area contributed by atoms with Crippen LogP contribution in [0.2, 0.25) is 5.02 Å². The maximum Gasteiger partial charge on any atom is 0.241 e. The summed E-state index contributed by atoms with van der Waals surface area (Å²) in [6.45, 7) is 4.29. The predicted octanol–water partition coefficient (Wildman–Crippen LogP) is 3.42. The molecule has 1 saturated heterocycles. The van der Waals surface area contributed by atoms with E-state index in [9.17, 15) is 5.11 Å². The van der Waals surface area contributed by atoms with Crippen LogP contribution in [-0.4, -0.2) is 46.3 Å². The van der Waals surface area contributed by atoms with Crippen LogP contribution in [0.15, 0.2) is 53.1 Å². The molecule has 0 aliphatic carbocycles. The summed E-state index contributed by atoms with van der Waals surface area (Å²) in [5, 5.41) is 14.1. The Morgan fingerprint density at radius 2 is 1.81 bits per heavy atom. The first-order valence-corrected chi connectivity index (χ1v) is 8.90. The van der Waals surface area contributed by atoms with E-state index in [4.69, 9.17) is 16.1 Å². The molecule has 134 valence electrons. The van der Waals surface area contributed by atoms with E-state index < -0.39 is 0 Å². The molecule has 0 spiro atoms. The van der Waals surface area contributed by atoms with Gasteiger partial charge in [-0.15, -0.1) is 0 Å². The number of aromatic nitrogens is 2. The van der Waals surface area contributed by atoms with Crippen LogP contribution >= 0.6 is 11.6 Å². The van der Waals surface area contributed by atoms with Gasteiger partial charge in [-0.2, -0.15) is 4.98 Å². The van der Waals surface area contributed by atoms with E-state index in [0.29, 0.717) is 29.0 Å². The van der Waals surface area contributed by atoms with Crippen LogP contribution in [0.1, 0.15) is 5.89 Å². The topological polar surface area (TPSA) is 65.6 Å². The lowest BCUT2D eigenvalue weighted by atomic mass is 10.2. The van der Waals surface area contributed by atoms with Crippen molar-refractivity contribution < 1.29 is 9.63 Å². The van der Waals surface area contributed by atoms with E-state index in [2.05, 4.69) is 19.9 Å². The number of aromatic hydroxyl groups is 1. The third kappa shape index (κ3) is 3.81. The first kappa shape index (κ1) is 16.9. The monoisotopic (exact) mass is 370 g/mol. The van der Waals surface area contributed by atoms with Crippen molar-refractivity contribution in [2.45, 2.75) is 6.54 Å². The minimum absolute atomic E-state index is 0.291. The number of hydrogen-bond donors (Lipinski definition) is 1. The molecule has 1 aromatic heterocycles. The average molecular weight is 371 g/mol. The van der Waals surface area contributed by atoms with Crippen LogP contribution in [-0.2, 0) is 6.54 Å². The zero-order chi connectivity index (χ0) is 17.9. The lowest BCUT2D eigenvalue weighted by molar-refractivity contribution is 0.215. The minimum atomic E-state index is 0.291. The van der Waals surface area contributed by atoms with E-state index >= 15 is 0 Å². The molecule has 2 aromatic carbocycles. The van der Waals surface area contributed by atoms with Crippen LogP contribution in [0.25, 0.3) is 11.4 Å². The first-order chi connectivity index (χ1) is 12.7. The van der Waals surface area contributed by atoms with Gasteiger partial charge >= 0.3 is 0 Å². The zero-order valence-electron chi connectivity index (χ0n) is 14.2. The summed E-state index contributed by atoms with van der Waals surface area (Å²) in [4.78, 5) is 9.09. The highest BCUT2D eigenvalue weighted by Crippen LogP contribution is 2.22. The third-order valence-electron chi connectivity index (χ3n) is 4.50. The summed E-state index contributed by atoms with van der Waals surface area (Å²) < 4.78 is 5.40. The highest BCUT2D eigenvalue weighted by atomic mass is 35.5. The van der Waals surface area contributed by atoms with Gasteiger partial charge in [-0.3, -0.25) is 4.90 Å². The van der Waals surface area contributed by atoms with Crippen molar-refractivity contribution in [3.8, 4) is 17.1 Å². The molecule has 1 fully saturated rings. The summed E-state index contributed by atoms with van der Waals surface area (Å²) in [5.41, 5.74) is 1.98. The fourth-order valence-corrected chi connectivity index (χ4v) is 3.27. The number of rotatable bonds is 4. The summed E-state index contributed by atoms with van der Waals surface area (Å²) in [6.07, 6.45) is 0. The van der Waals surface area contributed by atoms with E-state index in [1.54, 1.807) is 12.1 Å². The molecule has 0 radical (unpaired) electrons. The van der Waals surface area contributed by atoms with Crippen LogP contribution < -0.4 is 4.90 Å². The smallest absolute Gasteiger partial charge is 0.241 e. The Morgan fingerprint density at radius 1 is 1.04 bits per heavy atom. The normalized spacial score (nSPS) is 15.3. The van der Waals surface area contributed by atoms with Gasteiger partial charge in [0.15, 0.2) is 0 Å². The predicted molar refractivity (Wildman–Crippen MR) is 100 cm³/mol. The Balaban J connectivity index is 1.35. The summed E-state index contributed by atoms with van der Waals surface area (Å²) in [5.74, 6) is 1.46. The Bertz CT molecular complexity index is 873. The number of piperazine rings is 1. The maximum absolute atomic E-state index is 9.40. The van der Waals surface area contributed by atoms with Crippen molar-refractivity contribution in [1.29, 1.82) is 0 Å². The van der Waals surface area contributed by atoms with Gasteiger partial charge in [0, 0.05) is 42.5 Å². The Hall–Kier alpha value is -2.57. The second kappa shape index (κ2) is 7.35. The zero-order valence-corrected chi connectivity index (χ0v) is 14.9. The molecule has 0 amide bonds. The Kier molecular flexibility index (Phi) is 4.77. The van der Waals surface area contributed by atoms with Crippen molar-refractivity contribution in [3.63, 3.8) is 0 Å². The minimum Gasteiger partial charge on any atom is -0.508 e. The molecule has 26 heavy (non-hydrogen) atoms. The lowest BCUT2D eigenvalue weighted by Gasteiger charge is -2.35. The molecule has 2 heterocycles. The second-order valence-corrected chi connectivity index (χ2v) is 6.74. The number of halogens is 1.